The first-order valence-electron chi connectivity index (χ1n) is 5.98. The number of carbonyl (C=O) groups is 1. The first kappa shape index (κ1) is 18.7. The fourth-order valence-corrected chi connectivity index (χ4v) is 3.45. The van der Waals surface area contributed by atoms with Gasteiger partial charge in [-0.15, -0.1) is 0 Å². The van der Waals surface area contributed by atoms with Crippen LogP contribution in [0.1, 0.15) is 19.4 Å². The molecule has 0 aliphatic rings. The van der Waals surface area contributed by atoms with Gasteiger partial charge in [0.25, 0.3) is 0 Å². The summed E-state index contributed by atoms with van der Waals surface area (Å²) < 4.78 is 64.1. The second-order valence-corrected chi connectivity index (χ2v) is 6.91. The van der Waals surface area contributed by atoms with Crippen molar-refractivity contribution in [1.82, 2.24) is 4.72 Å². The van der Waals surface area contributed by atoms with Crippen molar-refractivity contribution in [2.75, 3.05) is 0 Å². The highest BCUT2D eigenvalue weighted by atomic mass is 35.5. The molecule has 0 spiro atoms. The zero-order chi connectivity index (χ0) is 17.3. The molecular weight excluding hydrogens is 347 g/mol. The Bertz CT molecular complexity index is 673. The van der Waals surface area contributed by atoms with E-state index in [1.807, 2.05) is 4.72 Å². The minimum atomic E-state index is -4.75. The Balaban J connectivity index is 3.31. The quantitative estimate of drug-likeness (QED) is 0.846. The number of hydrogen-bond donors (Lipinski definition) is 2. The van der Waals surface area contributed by atoms with Crippen LogP contribution in [0.4, 0.5) is 13.2 Å². The van der Waals surface area contributed by atoms with Crippen molar-refractivity contribution in [3.05, 3.63) is 28.8 Å². The maximum absolute atomic E-state index is 12.7. The second kappa shape index (κ2) is 6.43. The Labute approximate surface area is 130 Å². The fraction of sp³-hybridized carbons (Fsp3) is 0.417. The van der Waals surface area contributed by atoms with Gasteiger partial charge in [0.1, 0.15) is 10.9 Å². The van der Waals surface area contributed by atoms with Gasteiger partial charge in [-0.05, 0) is 24.1 Å². The van der Waals surface area contributed by atoms with E-state index in [9.17, 15) is 26.4 Å². The molecule has 0 aromatic heterocycles. The summed E-state index contributed by atoms with van der Waals surface area (Å²) in [4.78, 5) is 10.2. The van der Waals surface area contributed by atoms with Crippen molar-refractivity contribution in [2.24, 2.45) is 5.92 Å². The highest BCUT2D eigenvalue weighted by Gasteiger charge is 2.34. The average Bonchev–Trinajstić information content (AvgIpc) is 2.34. The minimum absolute atomic E-state index is 0.365. The third-order valence-electron chi connectivity index (χ3n) is 2.76. The van der Waals surface area contributed by atoms with Crippen molar-refractivity contribution in [3.8, 4) is 0 Å². The van der Waals surface area contributed by atoms with Crippen LogP contribution in [0.5, 0.6) is 0 Å². The number of nitrogens with one attached hydrogen (secondary N) is 1. The largest absolute Gasteiger partial charge is 0.480 e. The standard InChI is InChI=1S/C12H13ClF3NO4S/c1-6(2)10(11(18)19)17-22(20,21)9-5-7(12(14,15)16)3-4-8(9)13/h3-6,10,17H,1-2H3,(H,18,19)/t10-/m1/s1. The van der Waals surface area contributed by atoms with Crippen LogP contribution in [0.25, 0.3) is 0 Å². The van der Waals surface area contributed by atoms with Gasteiger partial charge in [0, 0.05) is 0 Å². The van der Waals surface area contributed by atoms with E-state index in [1.54, 1.807) is 0 Å². The van der Waals surface area contributed by atoms with Gasteiger partial charge < -0.3 is 5.11 Å². The van der Waals surface area contributed by atoms with Gasteiger partial charge in [0.05, 0.1) is 10.6 Å². The van der Waals surface area contributed by atoms with Gasteiger partial charge in [0.15, 0.2) is 0 Å². The molecule has 0 aliphatic heterocycles. The van der Waals surface area contributed by atoms with E-state index < -0.39 is 49.6 Å². The van der Waals surface area contributed by atoms with Crippen molar-refractivity contribution < 1.29 is 31.5 Å². The van der Waals surface area contributed by atoms with E-state index >= 15 is 0 Å². The Morgan fingerprint density at radius 2 is 1.86 bits per heavy atom. The summed E-state index contributed by atoms with van der Waals surface area (Å²) >= 11 is 5.64. The summed E-state index contributed by atoms with van der Waals surface area (Å²) in [6, 6.07) is 0.308. The monoisotopic (exact) mass is 359 g/mol. The highest BCUT2D eigenvalue weighted by molar-refractivity contribution is 7.89. The number of halogens is 4. The molecule has 10 heteroatoms. The predicted molar refractivity (Wildman–Crippen MR) is 73.0 cm³/mol. The van der Waals surface area contributed by atoms with Crippen LogP contribution >= 0.6 is 11.6 Å². The third kappa shape index (κ3) is 4.34. The number of sulfonamides is 1. The van der Waals surface area contributed by atoms with Crippen LogP contribution in [0.2, 0.25) is 5.02 Å². The molecule has 0 saturated heterocycles. The molecule has 0 amide bonds. The number of carboxylic acid groups (broad SMARTS) is 1. The predicted octanol–water partition coefficient (Wildman–Crippen LogP) is 2.75. The van der Waals surface area contributed by atoms with Crippen LogP contribution in [0.15, 0.2) is 23.1 Å². The van der Waals surface area contributed by atoms with Gasteiger partial charge in [-0.2, -0.15) is 17.9 Å². The Hall–Kier alpha value is -1.32. The molecule has 0 fully saturated rings. The van der Waals surface area contributed by atoms with Crippen LogP contribution < -0.4 is 4.72 Å². The fourth-order valence-electron chi connectivity index (χ4n) is 1.59. The normalized spacial score (nSPS) is 14.1. The third-order valence-corrected chi connectivity index (χ3v) is 4.69. The molecule has 1 rings (SSSR count). The molecule has 0 radical (unpaired) electrons. The number of hydrogen-bond acceptors (Lipinski definition) is 3. The number of alkyl halides is 3. The van der Waals surface area contributed by atoms with Crippen LogP contribution in [-0.2, 0) is 21.0 Å². The molecule has 1 aromatic rings. The number of carboxylic acids is 1. The molecule has 0 bridgehead atoms. The number of rotatable bonds is 5. The van der Waals surface area contributed by atoms with E-state index in [-0.39, 0.29) is 0 Å². The number of aliphatic carboxylic acids is 1. The molecular formula is C12H13ClF3NO4S. The van der Waals surface area contributed by atoms with E-state index in [4.69, 9.17) is 16.7 Å². The smallest absolute Gasteiger partial charge is 0.416 e. The lowest BCUT2D eigenvalue weighted by molar-refractivity contribution is -0.140. The zero-order valence-electron chi connectivity index (χ0n) is 11.5. The first-order valence-corrected chi connectivity index (χ1v) is 7.84. The molecule has 0 heterocycles. The van der Waals surface area contributed by atoms with Gasteiger partial charge >= 0.3 is 12.1 Å². The van der Waals surface area contributed by atoms with Crippen LogP contribution in [-0.4, -0.2) is 25.5 Å². The Morgan fingerprint density at radius 1 is 1.32 bits per heavy atom. The molecule has 1 atom stereocenters. The van der Waals surface area contributed by atoms with E-state index in [0.29, 0.717) is 12.1 Å². The maximum Gasteiger partial charge on any atom is 0.416 e. The Kier molecular flexibility index (Phi) is 5.47. The first-order chi connectivity index (χ1) is 9.86. The summed E-state index contributed by atoms with van der Waals surface area (Å²) in [6.45, 7) is 2.91. The lowest BCUT2D eigenvalue weighted by atomic mass is 10.1. The molecule has 2 N–H and O–H groups in total. The molecule has 0 unspecified atom stereocenters. The van der Waals surface area contributed by atoms with Gasteiger partial charge in [0.2, 0.25) is 10.0 Å². The van der Waals surface area contributed by atoms with E-state index in [2.05, 4.69) is 0 Å². The summed E-state index contributed by atoms with van der Waals surface area (Å²) in [5, 5.41) is 8.53. The molecule has 0 saturated carbocycles. The van der Waals surface area contributed by atoms with Gasteiger partial charge in [-0.25, -0.2) is 8.42 Å². The number of benzene rings is 1. The summed E-state index contributed by atoms with van der Waals surface area (Å²) in [6.07, 6.45) is -4.75. The van der Waals surface area contributed by atoms with Crippen molar-refractivity contribution in [2.45, 2.75) is 31.0 Å². The van der Waals surface area contributed by atoms with Crippen molar-refractivity contribution in [3.63, 3.8) is 0 Å². The highest BCUT2D eigenvalue weighted by Crippen LogP contribution is 2.33. The van der Waals surface area contributed by atoms with Crippen LogP contribution in [0.3, 0.4) is 0 Å². The lowest BCUT2D eigenvalue weighted by Gasteiger charge is -2.19. The van der Waals surface area contributed by atoms with Gasteiger partial charge in [-0.3, -0.25) is 4.79 Å². The van der Waals surface area contributed by atoms with Crippen LogP contribution in [0, 0.1) is 5.92 Å². The topological polar surface area (TPSA) is 83.5 Å². The molecule has 22 heavy (non-hydrogen) atoms. The summed E-state index contributed by atoms with van der Waals surface area (Å²) in [5.41, 5.74) is -1.20. The summed E-state index contributed by atoms with van der Waals surface area (Å²) in [7, 11) is -4.53. The molecule has 5 nitrogen and oxygen atoms in total. The van der Waals surface area contributed by atoms with E-state index in [0.717, 1.165) is 6.07 Å². The minimum Gasteiger partial charge on any atom is -0.480 e. The van der Waals surface area contributed by atoms with Gasteiger partial charge in [-0.1, -0.05) is 25.4 Å². The second-order valence-electron chi connectivity index (χ2n) is 4.82. The van der Waals surface area contributed by atoms with E-state index in [1.165, 1.54) is 13.8 Å². The van der Waals surface area contributed by atoms with Crippen molar-refractivity contribution in [1.29, 1.82) is 0 Å². The molecule has 124 valence electrons. The molecule has 1 aromatic carbocycles. The van der Waals surface area contributed by atoms with Crippen molar-refractivity contribution >= 4 is 27.6 Å². The average molecular weight is 360 g/mol. The molecule has 0 aliphatic carbocycles. The Morgan fingerprint density at radius 3 is 2.27 bits per heavy atom. The lowest BCUT2D eigenvalue weighted by Crippen LogP contribution is -2.44. The summed E-state index contributed by atoms with van der Waals surface area (Å²) in [5.74, 6) is -2.06. The maximum atomic E-state index is 12.7. The SMILES string of the molecule is CC(C)[C@@H](NS(=O)(=O)c1cc(C(F)(F)F)ccc1Cl)C(=O)O. The zero-order valence-corrected chi connectivity index (χ0v) is 13.1.